The molecule has 0 nitrogen and oxygen atoms in total. The first-order valence-corrected chi connectivity index (χ1v) is 4.37. The van der Waals surface area contributed by atoms with Crippen LogP contribution in [0, 0.1) is 12.2 Å². The molecule has 8 heavy (non-hydrogen) atoms. The van der Waals surface area contributed by atoms with Gasteiger partial charge in [0.15, 0.2) is 0 Å². The molecule has 0 aromatic rings. The Bertz CT molecular complexity index is 39.7. The quantitative estimate of drug-likeness (QED) is 0.565. The number of rotatable bonds is 4. The summed E-state index contributed by atoms with van der Waals surface area (Å²) in [6.07, 6.45) is 6.35. The Morgan fingerprint density at radius 1 is 1.38 bits per heavy atom. The molecule has 0 atom stereocenters. The third-order valence-electron chi connectivity index (χ3n) is 1.51. The molecule has 0 fully saturated rings. The molecular weight excluding hydrogens is 116 g/mol. The summed E-state index contributed by atoms with van der Waals surface area (Å²) in [6, 6.07) is 0. The highest BCUT2D eigenvalue weighted by Gasteiger charge is 1.99. The third kappa shape index (κ3) is 3.36. The molecule has 0 aliphatic heterocycles. The van der Waals surface area contributed by atoms with Gasteiger partial charge in [0.25, 0.3) is 0 Å². The maximum absolute atomic E-state index is 3.74. The van der Waals surface area contributed by atoms with Crippen LogP contribution in [-0.4, -0.2) is 5.75 Å². The fraction of sp³-hybridized carbons (Fsp3) is 0.857. The normalized spacial score (nSPS) is 10.5. The zero-order valence-electron chi connectivity index (χ0n) is 5.81. The van der Waals surface area contributed by atoms with Crippen molar-refractivity contribution in [2.75, 3.05) is 5.75 Å². The van der Waals surface area contributed by atoms with Crippen molar-refractivity contribution >= 4 is 11.8 Å². The van der Waals surface area contributed by atoms with Gasteiger partial charge in [-0.1, -0.05) is 26.7 Å². The van der Waals surface area contributed by atoms with Gasteiger partial charge in [-0.05, 0) is 11.7 Å². The number of thioether (sulfide) groups is 1. The van der Waals surface area contributed by atoms with Crippen LogP contribution in [-0.2, 0) is 0 Å². The summed E-state index contributed by atoms with van der Waals surface area (Å²) in [4.78, 5) is 0. The van der Waals surface area contributed by atoms with Crippen molar-refractivity contribution in [1.82, 2.24) is 0 Å². The zero-order valence-corrected chi connectivity index (χ0v) is 6.63. The average molecular weight is 131 g/mol. The lowest BCUT2D eigenvalue weighted by atomic mass is 10.1. The Morgan fingerprint density at radius 2 is 1.88 bits per heavy atom. The second-order valence-corrected chi connectivity index (χ2v) is 2.79. The van der Waals surface area contributed by atoms with E-state index >= 15 is 0 Å². The van der Waals surface area contributed by atoms with Crippen molar-refractivity contribution in [1.29, 1.82) is 0 Å². The third-order valence-corrected chi connectivity index (χ3v) is 2.22. The summed E-state index contributed by atoms with van der Waals surface area (Å²) < 4.78 is 0. The minimum Gasteiger partial charge on any atom is -0.161 e. The van der Waals surface area contributed by atoms with Gasteiger partial charge in [0.05, 0.1) is 0 Å². The van der Waals surface area contributed by atoms with Crippen molar-refractivity contribution in [3.05, 3.63) is 6.26 Å². The zero-order chi connectivity index (χ0) is 6.41. The van der Waals surface area contributed by atoms with E-state index in [2.05, 4.69) is 20.1 Å². The molecule has 0 aromatic heterocycles. The van der Waals surface area contributed by atoms with E-state index in [1.54, 1.807) is 11.8 Å². The molecule has 0 saturated carbocycles. The van der Waals surface area contributed by atoms with Crippen LogP contribution in [0.25, 0.3) is 0 Å². The molecule has 1 radical (unpaired) electrons. The lowest BCUT2D eigenvalue weighted by Crippen LogP contribution is -1.98. The molecule has 1 heteroatoms. The van der Waals surface area contributed by atoms with E-state index in [1.807, 2.05) is 0 Å². The largest absolute Gasteiger partial charge is 0.161 e. The van der Waals surface area contributed by atoms with E-state index in [-0.39, 0.29) is 0 Å². The monoisotopic (exact) mass is 131 g/mol. The van der Waals surface area contributed by atoms with Crippen molar-refractivity contribution < 1.29 is 0 Å². The summed E-state index contributed by atoms with van der Waals surface area (Å²) in [7, 11) is 0. The van der Waals surface area contributed by atoms with Crippen LogP contribution in [0.15, 0.2) is 0 Å². The molecule has 0 bridgehead atoms. The molecule has 0 amide bonds. The average Bonchev–Trinajstić information content (AvgIpc) is 1.83. The first kappa shape index (κ1) is 8.35. The Kier molecular flexibility index (Phi) is 5.73. The van der Waals surface area contributed by atoms with Crippen LogP contribution >= 0.6 is 11.8 Å². The van der Waals surface area contributed by atoms with Gasteiger partial charge in [0.1, 0.15) is 0 Å². The van der Waals surface area contributed by atoms with E-state index < -0.39 is 0 Å². The van der Waals surface area contributed by atoms with E-state index in [1.165, 1.54) is 18.6 Å². The summed E-state index contributed by atoms with van der Waals surface area (Å²) in [6.45, 7) is 4.48. The molecule has 0 aromatic carbocycles. The predicted molar refractivity (Wildman–Crippen MR) is 41.9 cm³/mol. The highest BCUT2D eigenvalue weighted by molar-refractivity contribution is 8.00. The van der Waals surface area contributed by atoms with Crippen LogP contribution in [0.5, 0.6) is 0 Å². The molecule has 0 unspecified atom stereocenters. The SMILES string of the molecule is [CH2]SCC(CC)CC. The van der Waals surface area contributed by atoms with Crippen molar-refractivity contribution in [2.45, 2.75) is 26.7 Å². The fourth-order valence-corrected chi connectivity index (χ4v) is 1.50. The predicted octanol–water partition coefficient (Wildman–Crippen LogP) is 2.95. The lowest BCUT2D eigenvalue weighted by molar-refractivity contribution is 0.554. The molecule has 49 valence electrons. The van der Waals surface area contributed by atoms with Gasteiger partial charge in [0, 0.05) is 6.26 Å². The highest BCUT2D eigenvalue weighted by atomic mass is 32.2. The second kappa shape index (κ2) is 5.49. The Morgan fingerprint density at radius 3 is 2.00 bits per heavy atom. The minimum atomic E-state index is 0.900. The first-order chi connectivity index (χ1) is 3.85. The molecule has 0 rings (SSSR count). The van der Waals surface area contributed by atoms with Crippen molar-refractivity contribution in [2.24, 2.45) is 5.92 Å². The molecule has 0 N–H and O–H groups in total. The molecule has 0 saturated heterocycles. The van der Waals surface area contributed by atoms with Gasteiger partial charge >= 0.3 is 0 Å². The van der Waals surface area contributed by atoms with Gasteiger partial charge < -0.3 is 0 Å². The van der Waals surface area contributed by atoms with E-state index in [0.29, 0.717) is 0 Å². The van der Waals surface area contributed by atoms with Gasteiger partial charge in [-0.3, -0.25) is 0 Å². The standard InChI is InChI=1S/C7H15S/c1-4-7(5-2)6-8-3/h7H,3-6H2,1-2H3. The van der Waals surface area contributed by atoms with Crippen LogP contribution in [0.4, 0.5) is 0 Å². The molecule has 0 aliphatic carbocycles. The topological polar surface area (TPSA) is 0 Å². The minimum absolute atomic E-state index is 0.900. The second-order valence-electron chi connectivity index (χ2n) is 2.05. The van der Waals surface area contributed by atoms with E-state index in [9.17, 15) is 0 Å². The van der Waals surface area contributed by atoms with E-state index in [4.69, 9.17) is 0 Å². The lowest BCUT2D eigenvalue weighted by Gasteiger charge is -2.07. The number of hydrogen-bond donors (Lipinski definition) is 0. The Hall–Kier alpha value is 0.350. The molecule has 0 spiro atoms. The summed E-state index contributed by atoms with van der Waals surface area (Å²) in [5.74, 6) is 2.13. The van der Waals surface area contributed by atoms with Crippen LogP contribution in [0.2, 0.25) is 0 Å². The Balaban J connectivity index is 3.07. The molecule has 0 aliphatic rings. The van der Waals surface area contributed by atoms with Gasteiger partial charge in [-0.25, -0.2) is 0 Å². The van der Waals surface area contributed by atoms with Crippen LogP contribution in [0.3, 0.4) is 0 Å². The van der Waals surface area contributed by atoms with Crippen LogP contribution in [0.1, 0.15) is 26.7 Å². The maximum Gasteiger partial charge on any atom is 0.00236 e. The first-order valence-electron chi connectivity index (χ1n) is 3.22. The summed E-state index contributed by atoms with van der Waals surface area (Å²) in [5.41, 5.74) is 0. The smallest absolute Gasteiger partial charge is 0.00236 e. The van der Waals surface area contributed by atoms with Crippen molar-refractivity contribution in [3.63, 3.8) is 0 Å². The summed E-state index contributed by atoms with van der Waals surface area (Å²) >= 11 is 1.71. The maximum atomic E-state index is 3.74. The molecular formula is C7H15S. The van der Waals surface area contributed by atoms with Gasteiger partial charge in [-0.15, -0.1) is 0 Å². The summed E-state index contributed by atoms with van der Waals surface area (Å²) in [5, 5.41) is 0. The highest BCUT2D eigenvalue weighted by Crippen LogP contribution is 2.13. The fourth-order valence-electron chi connectivity index (χ4n) is 0.691. The number of hydrogen-bond acceptors (Lipinski definition) is 1. The molecule has 0 heterocycles. The Labute approximate surface area is 57.1 Å². The van der Waals surface area contributed by atoms with Gasteiger partial charge in [0.2, 0.25) is 0 Å². The van der Waals surface area contributed by atoms with Crippen molar-refractivity contribution in [3.8, 4) is 0 Å². The van der Waals surface area contributed by atoms with Crippen LogP contribution < -0.4 is 0 Å². The van der Waals surface area contributed by atoms with E-state index in [0.717, 1.165) is 5.92 Å². The van der Waals surface area contributed by atoms with Gasteiger partial charge in [-0.2, -0.15) is 11.8 Å².